The number of anilines is 3. The second-order valence-electron chi connectivity index (χ2n) is 11.7. The third-order valence-corrected chi connectivity index (χ3v) is 9.17. The fourth-order valence-corrected chi connectivity index (χ4v) is 7.45. The van der Waals surface area contributed by atoms with Crippen LogP contribution in [-0.2, 0) is 5.41 Å². The Kier molecular flexibility index (Phi) is 6.46. The molecular weight excluding hydrogens is 457 g/mol. The maximum Gasteiger partial charge on any atom is 0.247 e. The normalized spacial score (nSPS) is 14.7. The van der Waals surface area contributed by atoms with Crippen molar-refractivity contribution in [1.29, 1.82) is 0 Å². The van der Waals surface area contributed by atoms with Crippen molar-refractivity contribution in [3.8, 4) is 0 Å². The van der Waals surface area contributed by atoms with E-state index in [0.717, 1.165) is 0 Å². The average molecular weight is 498 g/mol. The topological polar surface area (TPSA) is 3.24 Å². The fourth-order valence-electron chi connectivity index (χ4n) is 7.45. The van der Waals surface area contributed by atoms with Gasteiger partial charge in [-0.05, 0) is 85.5 Å². The number of hydrogen-bond acceptors (Lipinski definition) is 1. The smallest absolute Gasteiger partial charge is 0.247 e. The van der Waals surface area contributed by atoms with Crippen LogP contribution in [0.2, 0.25) is 0 Å². The van der Waals surface area contributed by atoms with Gasteiger partial charge in [-0.15, -0.1) is 0 Å². The van der Waals surface area contributed by atoms with Crippen LogP contribution in [0.4, 0.5) is 17.1 Å². The third-order valence-electron chi connectivity index (χ3n) is 9.17. The zero-order chi connectivity index (χ0) is 26.4. The largest absolute Gasteiger partial charge is 0.312 e. The van der Waals surface area contributed by atoms with Crippen LogP contribution in [0.3, 0.4) is 0 Å². The molecule has 4 aromatic rings. The summed E-state index contributed by atoms with van der Waals surface area (Å²) < 4.78 is 0. The van der Waals surface area contributed by atoms with Gasteiger partial charge in [-0.1, -0.05) is 111 Å². The van der Waals surface area contributed by atoms with E-state index in [2.05, 4.69) is 118 Å². The Morgan fingerprint density at radius 1 is 0.684 bits per heavy atom. The average Bonchev–Trinajstić information content (AvgIpc) is 2.93. The van der Waals surface area contributed by atoms with Crippen molar-refractivity contribution < 1.29 is 0 Å². The minimum atomic E-state index is 0.0643. The van der Waals surface area contributed by atoms with Crippen LogP contribution in [0.15, 0.2) is 78.9 Å². The van der Waals surface area contributed by atoms with E-state index in [1.54, 1.807) is 16.6 Å². The molecule has 38 heavy (non-hydrogen) atoms. The van der Waals surface area contributed by atoms with E-state index < -0.39 is 0 Å². The summed E-state index contributed by atoms with van der Waals surface area (Å²) in [6.45, 7) is 11.7. The van der Waals surface area contributed by atoms with Crippen LogP contribution < -0.4 is 21.3 Å². The molecule has 0 saturated carbocycles. The van der Waals surface area contributed by atoms with Crippen molar-refractivity contribution in [2.45, 2.75) is 78.6 Å². The van der Waals surface area contributed by atoms with Crippen molar-refractivity contribution in [2.24, 2.45) is 0 Å². The van der Waals surface area contributed by atoms with Gasteiger partial charge in [0.05, 0.1) is 0 Å². The molecule has 2 heterocycles. The molecule has 1 nitrogen and oxygen atoms in total. The quantitative estimate of drug-likeness (QED) is 0.207. The Labute approximate surface area is 230 Å². The second-order valence-corrected chi connectivity index (χ2v) is 11.7. The highest BCUT2D eigenvalue weighted by Gasteiger charge is 2.49. The number of nitrogens with zero attached hydrogens (tertiary/aromatic N) is 1. The molecule has 0 aliphatic carbocycles. The monoisotopic (exact) mass is 497 g/mol. The summed E-state index contributed by atoms with van der Waals surface area (Å²) >= 11 is 0. The third kappa shape index (κ3) is 3.75. The Morgan fingerprint density at radius 3 is 2.05 bits per heavy atom. The predicted octanol–water partition coefficient (Wildman–Crippen LogP) is 7.89. The maximum absolute atomic E-state index is 2.54. The van der Waals surface area contributed by atoms with Crippen molar-refractivity contribution in [2.75, 3.05) is 4.90 Å². The first-order chi connectivity index (χ1) is 18.5. The number of fused-ring (bicyclic) bond motifs is 4. The van der Waals surface area contributed by atoms with Gasteiger partial charge in [0.15, 0.2) is 0 Å². The summed E-state index contributed by atoms with van der Waals surface area (Å²) in [5.74, 6) is 0. The van der Waals surface area contributed by atoms with Gasteiger partial charge in [0.25, 0.3) is 0 Å². The SMILES string of the molecule is CCCCC1(CCCC)c2ccccc2B2c3cc(C)ccc3N(c3ccc(C)cc3)c3ccc(C)c1c32. The molecule has 0 bridgehead atoms. The van der Waals surface area contributed by atoms with Gasteiger partial charge in [-0.25, -0.2) is 0 Å². The van der Waals surface area contributed by atoms with Crippen LogP contribution in [-0.4, -0.2) is 6.71 Å². The molecule has 6 rings (SSSR count). The van der Waals surface area contributed by atoms with Gasteiger partial charge in [0.2, 0.25) is 6.71 Å². The van der Waals surface area contributed by atoms with Gasteiger partial charge < -0.3 is 4.90 Å². The van der Waals surface area contributed by atoms with Crippen molar-refractivity contribution >= 4 is 40.2 Å². The molecule has 0 saturated heterocycles. The molecule has 0 aromatic heterocycles. The number of unbranched alkanes of at least 4 members (excludes halogenated alkanes) is 2. The molecule has 192 valence electrons. The molecule has 2 aliphatic heterocycles. The van der Waals surface area contributed by atoms with Gasteiger partial charge in [0.1, 0.15) is 0 Å². The van der Waals surface area contributed by atoms with E-state index in [9.17, 15) is 0 Å². The highest BCUT2D eigenvalue weighted by Crippen LogP contribution is 2.48. The zero-order valence-corrected chi connectivity index (χ0v) is 23.8. The number of aryl methyl sites for hydroxylation is 3. The minimum Gasteiger partial charge on any atom is -0.312 e. The lowest BCUT2D eigenvalue weighted by atomic mass is 9.29. The fraction of sp³-hybridized carbons (Fsp3) is 0.333. The molecule has 2 heteroatoms. The lowest BCUT2D eigenvalue weighted by Gasteiger charge is -2.49. The Bertz CT molecular complexity index is 1470. The lowest BCUT2D eigenvalue weighted by molar-refractivity contribution is 0.406. The lowest BCUT2D eigenvalue weighted by Crippen LogP contribution is -2.65. The molecule has 0 radical (unpaired) electrons. The van der Waals surface area contributed by atoms with Crippen molar-refractivity contribution in [1.82, 2.24) is 0 Å². The first kappa shape index (κ1) is 25.0. The van der Waals surface area contributed by atoms with Gasteiger partial charge in [-0.2, -0.15) is 0 Å². The standard InChI is InChI=1S/C36H40BN/c1-6-8-22-36(23-9-7-2)29-12-10-11-13-30(29)37-31-24-26(4)16-20-32(31)38(28-18-14-25(3)15-19-28)33-21-17-27(5)34(36)35(33)37/h10-21,24H,6-9,22-23H2,1-5H3. The van der Waals surface area contributed by atoms with Gasteiger partial charge >= 0.3 is 0 Å². The number of rotatable bonds is 7. The first-order valence-corrected chi connectivity index (χ1v) is 14.7. The molecule has 2 aliphatic rings. The van der Waals surface area contributed by atoms with Crippen LogP contribution in [0.1, 0.15) is 80.2 Å². The molecule has 0 N–H and O–H groups in total. The van der Waals surface area contributed by atoms with E-state index in [4.69, 9.17) is 0 Å². The van der Waals surface area contributed by atoms with Crippen molar-refractivity contribution in [3.63, 3.8) is 0 Å². The molecule has 0 amide bonds. The highest BCUT2D eigenvalue weighted by atomic mass is 15.1. The van der Waals surface area contributed by atoms with Gasteiger partial charge in [-0.3, -0.25) is 0 Å². The van der Waals surface area contributed by atoms with Gasteiger partial charge in [0, 0.05) is 22.5 Å². The molecule has 0 fully saturated rings. The van der Waals surface area contributed by atoms with E-state index in [1.165, 1.54) is 83.2 Å². The van der Waals surface area contributed by atoms with E-state index in [1.807, 2.05) is 0 Å². The second kappa shape index (κ2) is 9.81. The summed E-state index contributed by atoms with van der Waals surface area (Å²) in [5, 5.41) is 0. The Hall–Kier alpha value is -3.26. The Morgan fingerprint density at radius 2 is 1.34 bits per heavy atom. The minimum absolute atomic E-state index is 0.0643. The number of hydrogen-bond donors (Lipinski definition) is 0. The van der Waals surface area contributed by atoms with Crippen LogP contribution in [0.5, 0.6) is 0 Å². The summed E-state index contributed by atoms with van der Waals surface area (Å²) in [4.78, 5) is 2.54. The zero-order valence-electron chi connectivity index (χ0n) is 23.8. The Balaban J connectivity index is 1.72. The van der Waals surface area contributed by atoms with Crippen LogP contribution in [0.25, 0.3) is 0 Å². The summed E-state index contributed by atoms with van der Waals surface area (Å²) in [6, 6.07) is 30.5. The van der Waals surface area contributed by atoms with E-state index >= 15 is 0 Å². The predicted molar refractivity (Wildman–Crippen MR) is 166 cm³/mol. The molecular formula is C36H40BN. The first-order valence-electron chi connectivity index (χ1n) is 14.7. The number of benzene rings is 4. The molecule has 0 spiro atoms. The highest BCUT2D eigenvalue weighted by molar-refractivity contribution is 6.99. The van der Waals surface area contributed by atoms with Crippen molar-refractivity contribution in [3.05, 3.63) is 107 Å². The molecule has 4 aromatic carbocycles. The van der Waals surface area contributed by atoms with E-state index in [0.29, 0.717) is 0 Å². The van der Waals surface area contributed by atoms with Crippen LogP contribution >= 0.6 is 0 Å². The molecule has 0 atom stereocenters. The van der Waals surface area contributed by atoms with Crippen LogP contribution in [0, 0.1) is 20.8 Å². The maximum atomic E-state index is 2.54. The van der Waals surface area contributed by atoms with E-state index in [-0.39, 0.29) is 12.1 Å². The molecule has 0 unspecified atom stereocenters. The summed E-state index contributed by atoms with van der Waals surface area (Å²) in [5.41, 5.74) is 15.8. The summed E-state index contributed by atoms with van der Waals surface area (Å²) in [7, 11) is 0. The summed E-state index contributed by atoms with van der Waals surface area (Å²) in [6.07, 6.45) is 7.40.